The topological polar surface area (TPSA) is 0 Å². The summed E-state index contributed by atoms with van der Waals surface area (Å²) in [4.78, 5) is 0. The zero-order valence-corrected chi connectivity index (χ0v) is 16.9. The molecular formula is C22H12F2Se2. The molecule has 2 heterocycles. The van der Waals surface area contributed by atoms with Crippen molar-refractivity contribution >= 4 is 48.3 Å². The first-order valence-corrected chi connectivity index (χ1v) is 11.6. The summed E-state index contributed by atoms with van der Waals surface area (Å²) in [7, 11) is 0. The van der Waals surface area contributed by atoms with E-state index in [0.29, 0.717) is 0 Å². The van der Waals surface area contributed by atoms with Gasteiger partial charge in [0.15, 0.2) is 0 Å². The van der Waals surface area contributed by atoms with Gasteiger partial charge in [0, 0.05) is 0 Å². The van der Waals surface area contributed by atoms with Crippen molar-refractivity contribution in [1.29, 1.82) is 0 Å². The number of hydrogen-bond acceptors (Lipinski definition) is 0. The summed E-state index contributed by atoms with van der Waals surface area (Å²) in [5, 5.41) is 2.58. The molecule has 0 atom stereocenters. The van der Waals surface area contributed by atoms with E-state index in [0.717, 1.165) is 11.1 Å². The fourth-order valence-corrected chi connectivity index (χ4v) is 7.69. The van der Waals surface area contributed by atoms with Crippen LogP contribution in [-0.4, -0.2) is 29.0 Å². The van der Waals surface area contributed by atoms with E-state index >= 15 is 0 Å². The Morgan fingerprint density at radius 3 is 1.27 bits per heavy atom. The molecule has 0 aliphatic heterocycles. The molecule has 5 aromatic rings. The van der Waals surface area contributed by atoms with Gasteiger partial charge in [-0.3, -0.25) is 0 Å². The molecule has 126 valence electrons. The van der Waals surface area contributed by atoms with E-state index in [4.69, 9.17) is 0 Å². The second-order valence-electron chi connectivity index (χ2n) is 6.16. The van der Waals surface area contributed by atoms with Crippen LogP contribution < -0.4 is 0 Å². The molecule has 0 amide bonds. The predicted octanol–water partition coefficient (Wildman–Crippen LogP) is 5.72. The Bertz CT molecular complexity index is 1080. The van der Waals surface area contributed by atoms with Crippen LogP contribution >= 0.6 is 0 Å². The van der Waals surface area contributed by atoms with Crippen molar-refractivity contribution in [2.45, 2.75) is 0 Å². The first-order chi connectivity index (χ1) is 12.7. The van der Waals surface area contributed by atoms with Gasteiger partial charge in [0.2, 0.25) is 0 Å². The van der Waals surface area contributed by atoms with Crippen molar-refractivity contribution in [2.24, 2.45) is 0 Å². The summed E-state index contributed by atoms with van der Waals surface area (Å²) in [6.07, 6.45) is 0. The van der Waals surface area contributed by atoms with E-state index in [-0.39, 0.29) is 40.6 Å². The standard InChI is InChI=1S/C22H12F2Se2/c23-17-5-1-13(2-6-17)19-9-15-11-22-16(12-21(15)25-19)10-20(26-22)14-3-7-18(24)8-4-14/h1-12H. The third kappa shape index (κ3) is 2.90. The van der Waals surface area contributed by atoms with E-state index in [1.165, 1.54) is 52.4 Å². The van der Waals surface area contributed by atoms with Crippen molar-refractivity contribution < 1.29 is 8.78 Å². The van der Waals surface area contributed by atoms with Crippen molar-refractivity contribution in [1.82, 2.24) is 0 Å². The fourth-order valence-electron chi connectivity index (χ4n) is 3.08. The summed E-state index contributed by atoms with van der Waals surface area (Å²) < 4.78 is 31.7. The number of benzene rings is 3. The van der Waals surface area contributed by atoms with Gasteiger partial charge < -0.3 is 0 Å². The zero-order valence-electron chi connectivity index (χ0n) is 13.5. The Hall–Kier alpha value is -1.96. The molecule has 0 nitrogen and oxygen atoms in total. The van der Waals surface area contributed by atoms with Gasteiger partial charge in [-0.15, -0.1) is 0 Å². The van der Waals surface area contributed by atoms with Crippen LogP contribution in [0.15, 0.2) is 72.8 Å². The first-order valence-electron chi connectivity index (χ1n) is 8.15. The summed E-state index contributed by atoms with van der Waals surface area (Å²) in [5.41, 5.74) is 2.21. The Morgan fingerprint density at radius 2 is 0.885 bits per heavy atom. The molecule has 0 unspecified atom stereocenters. The molecule has 0 fully saturated rings. The molecule has 3 aromatic carbocycles. The third-order valence-corrected chi connectivity index (χ3v) is 9.23. The van der Waals surface area contributed by atoms with Crippen LogP contribution in [0.3, 0.4) is 0 Å². The molecule has 0 N–H and O–H groups in total. The van der Waals surface area contributed by atoms with Gasteiger partial charge in [-0.1, -0.05) is 0 Å². The van der Waals surface area contributed by atoms with Gasteiger partial charge in [-0.05, 0) is 0 Å². The Balaban J connectivity index is 1.60. The molecule has 4 heteroatoms. The molecule has 5 rings (SSSR count). The van der Waals surface area contributed by atoms with Crippen LogP contribution in [-0.2, 0) is 0 Å². The van der Waals surface area contributed by atoms with E-state index in [1.807, 2.05) is 24.3 Å². The Labute approximate surface area is 161 Å². The zero-order chi connectivity index (χ0) is 17.7. The average molecular weight is 472 g/mol. The van der Waals surface area contributed by atoms with E-state index in [1.54, 1.807) is 0 Å². The fraction of sp³-hybridized carbons (Fsp3) is 0. The summed E-state index contributed by atoms with van der Waals surface area (Å²) >= 11 is 0.476. The van der Waals surface area contributed by atoms with Gasteiger partial charge in [0.05, 0.1) is 0 Å². The van der Waals surface area contributed by atoms with Crippen LogP contribution in [0.25, 0.3) is 39.3 Å². The molecule has 0 radical (unpaired) electrons. The summed E-state index contributed by atoms with van der Waals surface area (Å²) in [6.45, 7) is 0. The van der Waals surface area contributed by atoms with Crippen LogP contribution in [0.1, 0.15) is 0 Å². The molecule has 0 aliphatic carbocycles. The Kier molecular flexibility index (Phi) is 3.95. The average Bonchev–Trinajstić information content (AvgIpc) is 3.23. The molecule has 2 aromatic heterocycles. The van der Waals surface area contributed by atoms with Gasteiger partial charge in [-0.25, -0.2) is 0 Å². The van der Waals surface area contributed by atoms with Crippen molar-refractivity contribution in [3.05, 3.63) is 84.4 Å². The second-order valence-corrected chi connectivity index (χ2v) is 10.7. The van der Waals surface area contributed by atoms with E-state index in [2.05, 4.69) is 24.3 Å². The van der Waals surface area contributed by atoms with E-state index < -0.39 is 0 Å². The van der Waals surface area contributed by atoms with Crippen molar-refractivity contribution in [2.75, 3.05) is 0 Å². The molecule has 0 aliphatic rings. The SMILES string of the molecule is Fc1ccc(-c2cc3cc4[se]c(-c5ccc(F)cc5)cc4cc3[se]2)cc1. The number of hydrogen-bond donors (Lipinski definition) is 0. The van der Waals surface area contributed by atoms with Crippen molar-refractivity contribution in [3.63, 3.8) is 0 Å². The first kappa shape index (κ1) is 16.2. The normalized spacial score (nSPS) is 11.5. The Morgan fingerprint density at radius 1 is 0.500 bits per heavy atom. The molecule has 0 bridgehead atoms. The quantitative estimate of drug-likeness (QED) is 0.289. The molecular weight excluding hydrogens is 460 g/mol. The molecule has 0 spiro atoms. The van der Waals surface area contributed by atoms with Crippen LogP contribution in [0.4, 0.5) is 8.78 Å². The van der Waals surface area contributed by atoms with Crippen LogP contribution in [0.5, 0.6) is 0 Å². The predicted molar refractivity (Wildman–Crippen MR) is 106 cm³/mol. The van der Waals surface area contributed by atoms with Gasteiger partial charge in [0.25, 0.3) is 0 Å². The summed E-state index contributed by atoms with van der Waals surface area (Å²) in [6, 6.07) is 22.6. The monoisotopic (exact) mass is 474 g/mol. The van der Waals surface area contributed by atoms with Gasteiger partial charge in [-0.2, -0.15) is 0 Å². The molecule has 0 saturated carbocycles. The number of fused-ring (bicyclic) bond motifs is 2. The van der Waals surface area contributed by atoms with Crippen LogP contribution in [0, 0.1) is 11.6 Å². The van der Waals surface area contributed by atoms with Crippen LogP contribution in [0.2, 0.25) is 0 Å². The maximum atomic E-state index is 13.2. The molecule has 26 heavy (non-hydrogen) atoms. The van der Waals surface area contributed by atoms with Gasteiger partial charge >= 0.3 is 162 Å². The second kappa shape index (κ2) is 6.33. The minimum atomic E-state index is -0.197. The number of halogens is 2. The minimum absolute atomic E-state index is 0.197. The number of rotatable bonds is 2. The van der Waals surface area contributed by atoms with E-state index in [9.17, 15) is 8.78 Å². The van der Waals surface area contributed by atoms with Gasteiger partial charge in [0.1, 0.15) is 0 Å². The summed E-state index contributed by atoms with van der Waals surface area (Å²) in [5.74, 6) is -0.394. The molecule has 0 saturated heterocycles. The maximum absolute atomic E-state index is 13.2. The van der Waals surface area contributed by atoms with Crippen molar-refractivity contribution in [3.8, 4) is 20.0 Å². The third-order valence-electron chi connectivity index (χ3n) is 4.41.